The molecule has 0 radical (unpaired) electrons. The molecule has 0 spiro atoms. The van der Waals surface area contributed by atoms with Crippen LogP contribution in [0.25, 0.3) is 22.8 Å². The fourth-order valence-electron chi connectivity index (χ4n) is 4.03. The van der Waals surface area contributed by atoms with Crippen LogP contribution >= 0.6 is 11.6 Å². The third kappa shape index (κ3) is 7.21. The first-order valence-electron chi connectivity index (χ1n) is 11.9. The van der Waals surface area contributed by atoms with Crippen molar-refractivity contribution in [1.29, 1.82) is 0 Å². The summed E-state index contributed by atoms with van der Waals surface area (Å²) in [5.74, 6) is 1.53. The highest BCUT2D eigenvalue weighted by Crippen LogP contribution is 2.27. The van der Waals surface area contributed by atoms with Gasteiger partial charge >= 0.3 is 0 Å². The summed E-state index contributed by atoms with van der Waals surface area (Å²) >= 11 is 6.31. The van der Waals surface area contributed by atoms with Crippen molar-refractivity contribution in [2.45, 2.75) is 77.6 Å². The highest BCUT2D eigenvalue weighted by Gasteiger charge is 2.13. The number of hydrogen-bond acceptors (Lipinski definition) is 2. The maximum Gasteiger partial charge on any atom is 0.183 e. The monoisotopic (exact) mass is 437 g/mol. The van der Waals surface area contributed by atoms with Crippen LogP contribution in [0.15, 0.2) is 48.5 Å². The minimum absolute atomic E-state index is 0.664. The van der Waals surface area contributed by atoms with Crippen molar-refractivity contribution < 1.29 is 0 Å². The van der Waals surface area contributed by atoms with Crippen LogP contribution in [-0.2, 0) is 13.5 Å². The predicted octanol–water partition coefficient (Wildman–Crippen LogP) is 8.27. The molecule has 3 aromatic rings. The highest BCUT2D eigenvalue weighted by atomic mass is 35.5. The minimum atomic E-state index is 0.664. The average molecular weight is 438 g/mol. The molecule has 0 aliphatic carbocycles. The quantitative estimate of drug-likeness (QED) is 0.252. The van der Waals surface area contributed by atoms with Gasteiger partial charge in [0.1, 0.15) is 0 Å². The lowest BCUT2D eigenvalue weighted by Gasteiger charge is -2.05. The van der Waals surface area contributed by atoms with Gasteiger partial charge in [-0.3, -0.25) is 0 Å². The molecule has 4 heteroatoms. The molecule has 2 aromatic carbocycles. The van der Waals surface area contributed by atoms with E-state index in [1.807, 2.05) is 36.0 Å². The van der Waals surface area contributed by atoms with Gasteiger partial charge in [-0.15, -0.1) is 0 Å². The number of hydrogen-bond donors (Lipinski definition) is 0. The molecule has 3 nitrogen and oxygen atoms in total. The van der Waals surface area contributed by atoms with E-state index in [4.69, 9.17) is 16.6 Å². The standard InChI is InChI=1S/C27H36ClN3/c1-3-4-5-6-7-8-9-10-11-12-15-22-18-20-23(21-19-22)27-29-26(30-31(27)2)24-16-13-14-17-25(24)28/h13-14,16-21H,3-12,15H2,1-2H3. The highest BCUT2D eigenvalue weighted by molar-refractivity contribution is 6.33. The van der Waals surface area contributed by atoms with Crippen molar-refractivity contribution in [3.63, 3.8) is 0 Å². The molecule has 1 heterocycles. The molecule has 0 saturated carbocycles. The Balaban J connectivity index is 1.44. The summed E-state index contributed by atoms with van der Waals surface area (Å²) < 4.78 is 1.83. The van der Waals surface area contributed by atoms with Gasteiger partial charge in [-0.25, -0.2) is 9.67 Å². The van der Waals surface area contributed by atoms with Crippen LogP contribution < -0.4 is 0 Å². The van der Waals surface area contributed by atoms with Crippen LogP contribution in [0.1, 0.15) is 76.7 Å². The number of halogens is 1. The maximum atomic E-state index is 6.31. The molecule has 1 aromatic heterocycles. The van der Waals surface area contributed by atoms with Crippen LogP contribution in [0.3, 0.4) is 0 Å². The first-order valence-corrected chi connectivity index (χ1v) is 12.3. The minimum Gasteiger partial charge on any atom is -0.248 e. The van der Waals surface area contributed by atoms with Gasteiger partial charge in [-0.2, -0.15) is 5.10 Å². The molecular weight excluding hydrogens is 402 g/mol. The summed E-state index contributed by atoms with van der Waals surface area (Å²) in [5.41, 5.74) is 3.35. The molecule has 0 bridgehead atoms. The van der Waals surface area contributed by atoms with Crippen LogP contribution in [-0.4, -0.2) is 14.8 Å². The Morgan fingerprint density at radius 1 is 0.774 bits per heavy atom. The van der Waals surface area contributed by atoms with Gasteiger partial charge < -0.3 is 0 Å². The Hall–Kier alpha value is -2.13. The zero-order valence-corrected chi connectivity index (χ0v) is 19.9. The van der Waals surface area contributed by atoms with Crippen LogP contribution in [0.4, 0.5) is 0 Å². The largest absolute Gasteiger partial charge is 0.248 e. The molecule has 3 rings (SSSR count). The lowest BCUT2D eigenvalue weighted by atomic mass is 10.0. The number of benzene rings is 2. The summed E-state index contributed by atoms with van der Waals surface area (Å²) in [6.07, 6.45) is 14.9. The summed E-state index contributed by atoms with van der Waals surface area (Å²) in [6.45, 7) is 2.28. The number of rotatable bonds is 13. The topological polar surface area (TPSA) is 30.7 Å². The van der Waals surface area contributed by atoms with Crippen LogP contribution in [0.2, 0.25) is 5.02 Å². The van der Waals surface area contributed by atoms with E-state index in [0.717, 1.165) is 23.4 Å². The van der Waals surface area contributed by atoms with Gasteiger partial charge in [0.25, 0.3) is 0 Å². The van der Waals surface area contributed by atoms with Gasteiger partial charge in [-0.05, 0) is 30.5 Å². The number of nitrogens with zero attached hydrogens (tertiary/aromatic N) is 3. The smallest absolute Gasteiger partial charge is 0.183 e. The fourth-order valence-corrected chi connectivity index (χ4v) is 4.25. The molecule has 0 atom stereocenters. The second kappa shape index (κ2) is 12.7. The van der Waals surface area contributed by atoms with Crippen molar-refractivity contribution in [2.75, 3.05) is 0 Å². The molecule has 0 aliphatic heterocycles. The van der Waals surface area contributed by atoms with E-state index < -0.39 is 0 Å². The van der Waals surface area contributed by atoms with E-state index >= 15 is 0 Å². The summed E-state index contributed by atoms with van der Waals surface area (Å²) in [7, 11) is 1.93. The molecule has 31 heavy (non-hydrogen) atoms. The van der Waals surface area contributed by atoms with Gasteiger partial charge in [0.15, 0.2) is 11.6 Å². The second-order valence-corrected chi connectivity index (χ2v) is 8.90. The number of aryl methyl sites for hydroxylation is 2. The van der Waals surface area contributed by atoms with Crippen molar-refractivity contribution >= 4 is 11.6 Å². The Morgan fingerprint density at radius 3 is 2.03 bits per heavy atom. The summed E-state index contributed by atoms with van der Waals surface area (Å²) in [5, 5.41) is 5.24. The van der Waals surface area contributed by atoms with Gasteiger partial charge in [0.05, 0.1) is 5.02 Å². The summed E-state index contributed by atoms with van der Waals surface area (Å²) in [4.78, 5) is 4.74. The van der Waals surface area contributed by atoms with Crippen molar-refractivity contribution in [3.8, 4) is 22.8 Å². The Kier molecular flexibility index (Phi) is 9.61. The van der Waals surface area contributed by atoms with Crippen LogP contribution in [0, 0.1) is 0 Å². The Labute approximate surface area is 192 Å². The molecule has 0 fully saturated rings. The third-order valence-electron chi connectivity index (χ3n) is 5.91. The van der Waals surface area contributed by atoms with Gasteiger partial charge in [0, 0.05) is 18.2 Å². The van der Waals surface area contributed by atoms with Gasteiger partial charge in [-0.1, -0.05) is 113 Å². The first-order chi connectivity index (χ1) is 15.2. The van der Waals surface area contributed by atoms with Crippen LogP contribution in [0.5, 0.6) is 0 Å². The summed E-state index contributed by atoms with van der Waals surface area (Å²) in [6, 6.07) is 16.5. The maximum absolute atomic E-state index is 6.31. The van der Waals surface area contributed by atoms with E-state index in [1.54, 1.807) is 0 Å². The average Bonchev–Trinajstić information content (AvgIpc) is 3.17. The fraction of sp³-hybridized carbons (Fsp3) is 0.481. The lowest BCUT2D eigenvalue weighted by Crippen LogP contribution is -1.95. The van der Waals surface area contributed by atoms with Crippen molar-refractivity contribution in [2.24, 2.45) is 7.05 Å². The number of aromatic nitrogens is 3. The van der Waals surface area contributed by atoms with E-state index in [2.05, 4.69) is 36.3 Å². The SMILES string of the molecule is CCCCCCCCCCCCc1ccc(-c2nc(-c3ccccc3Cl)nn2C)cc1. The zero-order chi connectivity index (χ0) is 21.9. The molecule has 0 saturated heterocycles. The predicted molar refractivity (Wildman–Crippen MR) is 132 cm³/mol. The molecule has 0 aliphatic rings. The van der Waals surface area contributed by atoms with E-state index in [-0.39, 0.29) is 0 Å². The molecule has 0 unspecified atom stereocenters. The molecule has 0 amide bonds. The second-order valence-electron chi connectivity index (χ2n) is 8.49. The normalized spacial score (nSPS) is 11.2. The first kappa shape index (κ1) is 23.5. The van der Waals surface area contributed by atoms with Crippen molar-refractivity contribution in [3.05, 3.63) is 59.1 Å². The Bertz CT molecular complexity index is 914. The number of unbranched alkanes of at least 4 members (excludes halogenated alkanes) is 9. The van der Waals surface area contributed by atoms with E-state index in [9.17, 15) is 0 Å². The van der Waals surface area contributed by atoms with Crippen molar-refractivity contribution in [1.82, 2.24) is 14.8 Å². The zero-order valence-electron chi connectivity index (χ0n) is 19.1. The molecular formula is C27H36ClN3. The van der Waals surface area contributed by atoms with Gasteiger partial charge in [0.2, 0.25) is 0 Å². The van der Waals surface area contributed by atoms with E-state index in [1.165, 1.54) is 69.8 Å². The molecule has 166 valence electrons. The van der Waals surface area contributed by atoms with E-state index in [0.29, 0.717) is 10.8 Å². The lowest BCUT2D eigenvalue weighted by molar-refractivity contribution is 0.556. The third-order valence-corrected chi connectivity index (χ3v) is 6.24. The Morgan fingerprint density at radius 2 is 1.39 bits per heavy atom. The molecule has 0 N–H and O–H groups in total.